The molecule has 4 rings (SSSR count). The van der Waals surface area contributed by atoms with Gasteiger partial charge in [0.05, 0.1) is 25.0 Å². The van der Waals surface area contributed by atoms with Crippen LogP contribution in [0.1, 0.15) is 34.8 Å². The molecule has 1 heterocycles. The molecule has 0 radical (unpaired) electrons. The number of amides is 1. The Bertz CT molecular complexity index is 1330. The van der Waals surface area contributed by atoms with Crippen LogP contribution in [0, 0.1) is 11.6 Å². The fourth-order valence-electron chi connectivity index (χ4n) is 4.38. The van der Waals surface area contributed by atoms with Gasteiger partial charge in [-0.1, -0.05) is 24.3 Å². The normalized spacial score (nSPS) is 12.6. The van der Waals surface area contributed by atoms with Crippen molar-refractivity contribution in [1.82, 2.24) is 14.9 Å². The zero-order valence-electron chi connectivity index (χ0n) is 21.7. The molecule has 0 saturated carbocycles. The molecule has 0 aliphatic heterocycles. The van der Waals surface area contributed by atoms with Crippen molar-refractivity contribution in [3.8, 4) is 11.1 Å². The number of aliphatic hydroxyl groups excluding tert-OH is 1. The summed E-state index contributed by atoms with van der Waals surface area (Å²) in [7, 11) is 0. The molecule has 4 aromatic rings. The van der Waals surface area contributed by atoms with Crippen LogP contribution in [0.15, 0.2) is 85.5 Å². The highest BCUT2D eigenvalue weighted by Gasteiger charge is 2.19. The molecule has 204 valence electrons. The minimum Gasteiger partial charge on any atom is -0.394 e. The number of nitrogens with one attached hydrogen (secondary N) is 2. The van der Waals surface area contributed by atoms with Gasteiger partial charge in [0.15, 0.2) is 0 Å². The van der Waals surface area contributed by atoms with Gasteiger partial charge >= 0.3 is 0 Å². The lowest BCUT2D eigenvalue weighted by Gasteiger charge is -2.23. The molecule has 1 amide bonds. The lowest BCUT2D eigenvalue weighted by molar-refractivity contribution is 0.0913. The van der Waals surface area contributed by atoms with Gasteiger partial charge in [-0.25, -0.2) is 13.8 Å². The largest absolute Gasteiger partial charge is 0.394 e. The summed E-state index contributed by atoms with van der Waals surface area (Å²) in [6.45, 7) is 0.382. The maximum Gasteiger partial charge on any atom is 0.252 e. The van der Waals surface area contributed by atoms with Crippen molar-refractivity contribution >= 4 is 23.4 Å². The van der Waals surface area contributed by atoms with Crippen LogP contribution in [0.3, 0.4) is 0 Å². The summed E-state index contributed by atoms with van der Waals surface area (Å²) in [6.07, 6.45) is 8.83. The maximum absolute atomic E-state index is 13.7. The molecule has 0 bridgehead atoms. The van der Waals surface area contributed by atoms with E-state index in [2.05, 4.69) is 15.6 Å². The summed E-state index contributed by atoms with van der Waals surface area (Å²) in [6, 6.07) is 17.1. The SMILES string of the molecule is CSCCC[C@@H](CO)NC(=O)c1ccc(NC(Cn2ccnc2)c2ccc(F)cc2)cc1-c1ccc(F)cc1. The first kappa shape index (κ1) is 28.3. The Labute approximate surface area is 231 Å². The van der Waals surface area contributed by atoms with Crippen molar-refractivity contribution in [1.29, 1.82) is 0 Å². The number of hydrogen-bond donors (Lipinski definition) is 3. The van der Waals surface area contributed by atoms with E-state index in [1.54, 1.807) is 54.6 Å². The number of thioether (sulfide) groups is 1. The first-order valence-corrected chi connectivity index (χ1v) is 14.1. The van der Waals surface area contributed by atoms with E-state index in [1.165, 1.54) is 24.3 Å². The lowest BCUT2D eigenvalue weighted by Crippen LogP contribution is -2.37. The van der Waals surface area contributed by atoms with E-state index in [0.29, 0.717) is 29.7 Å². The molecule has 6 nitrogen and oxygen atoms in total. The van der Waals surface area contributed by atoms with Crippen molar-refractivity contribution in [2.45, 2.75) is 31.5 Å². The number of hydrogen-bond acceptors (Lipinski definition) is 5. The van der Waals surface area contributed by atoms with Crippen LogP contribution in [-0.2, 0) is 6.54 Å². The molecule has 2 atom stereocenters. The molecule has 1 unspecified atom stereocenters. The van der Waals surface area contributed by atoms with Gasteiger partial charge in [-0.3, -0.25) is 4.79 Å². The topological polar surface area (TPSA) is 79.2 Å². The predicted molar refractivity (Wildman–Crippen MR) is 153 cm³/mol. The predicted octanol–water partition coefficient (Wildman–Crippen LogP) is 5.92. The highest BCUT2D eigenvalue weighted by atomic mass is 32.2. The molecule has 39 heavy (non-hydrogen) atoms. The molecule has 3 N–H and O–H groups in total. The van der Waals surface area contributed by atoms with E-state index in [9.17, 15) is 18.7 Å². The van der Waals surface area contributed by atoms with Gasteiger partial charge in [0.25, 0.3) is 5.91 Å². The third-order valence-electron chi connectivity index (χ3n) is 6.44. The number of carbonyl (C=O) groups excluding carboxylic acids is 1. The first-order chi connectivity index (χ1) is 19.0. The Hall–Kier alpha value is -3.69. The van der Waals surface area contributed by atoms with E-state index < -0.39 is 0 Å². The molecular formula is C30H32F2N4O2S. The Morgan fingerprint density at radius 1 is 1.05 bits per heavy atom. The van der Waals surface area contributed by atoms with Crippen molar-refractivity contribution < 1.29 is 18.7 Å². The molecule has 0 aliphatic rings. The number of anilines is 1. The fourth-order valence-corrected chi connectivity index (χ4v) is 4.84. The van der Waals surface area contributed by atoms with E-state index in [0.717, 1.165) is 23.4 Å². The summed E-state index contributed by atoms with van der Waals surface area (Å²) in [5, 5.41) is 16.3. The Kier molecular flexibility index (Phi) is 10.1. The number of aliphatic hydroxyl groups is 1. The first-order valence-electron chi connectivity index (χ1n) is 12.7. The number of halogens is 2. The fraction of sp³-hybridized carbons (Fsp3) is 0.267. The molecule has 9 heteroatoms. The molecule has 0 aliphatic carbocycles. The molecule has 0 fully saturated rings. The molecule has 1 aromatic heterocycles. The summed E-state index contributed by atoms with van der Waals surface area (Å²) in [5.41, 5.74) is 3.34. The van der Waals surface area contributed by atoms with Gasteiger partial charge in [-0.15, -0.1) is 0 Å². The number of carbonyl (C=O) groups is 1. The lowest BCUT2D eigenvalue weighted by atomic mass is 9.97. The Morgan fingerprint density at radius 2 is 1.77 bits per heavy atom. The van der Waals surface area contributed by atoms with Crippen molar-refractivity contribution in [3.63, 3.8) is 0 Å². The van der Waals surface area contributed by atoms with Crippen molar-refractivity contribution in [3.05, 3.63) is 108 Å². The van der Waals surface area contributed by atoms with Crippen LogP contribution in [0.2, 0.25) is 0 Å². The van der Waals surface area contributed by atoms with E-state index in [-0.39, 0.29) is 36.2 Å². The Morgan fingerprint density at radius 3 is 2.41 bits per heavy atom. The maximum atomic E-state index is 13.7. The van der Waals surface area contributed by atoms with Gasteiger partial charge in [-0.05, 0) is 84.0 Å². The third-order valence-corrected chi connectivity index (χ3v) is 7.14. The quantitative estimate of drug-likeness (QED) is 0.180. The number of rotatable bonds is 13. The van der Waals surface area contributed by atoms with Crippen LogP contribution < -0.4 is 10.6 Å². The minimum atomic E-state index is -0.370. The summed E-state index contributed by atoms with van der Waals surface area (Å²) in [4.78, 5) is 17.5. The second kappa shape index (κ2) is 13.9. The van der Waals surface area contributed by atoms with Gasteiger partial charge in [0, 0.05) is 30.2 Å². The number of nitrogens with zero attached hydrogens (tertiary/aromatic N) is 2. The molecular weight excluding hydrogens is 518 g/mol. The van der Waals surface area contributed by atoms with Crippen molar-refractivity contribution in [2.75, 3.05) is 23.9 Å². The molecule has 0 saturated heterocycles. The van der Waals surface area contributed by atoms with E-state index in [4.69, 9.17) is 0 Å². The minimum absolute atomic E-state index is 0.154. The smallest absolute Gasteiger partial charge is 0.252 e. The number of aromatic nitrogens is 2. The van der Waals surface area contributed by atoms with E-state index in [1.807, 2.05) is 29.2 Å². The van der Waals surface area contributed by atoms with Crippen LogP contribution >= 0.6 is 11.8 Å². The second-order valence-corrected chi connectivity index (χ2v) is 10.2. The van der Waals surface area contributed by atoms with Gasteiger partial charge in [-0.2, -0.15) is 11.8 Å². The van der Waals surface area contributed by atoms with Gasteiger partial charge in [0.1, 0.15) is 11.6 Å². The summed E-state index contributed by atoms with van der Waals surface area (Å²) >= 11 is 1.72. The molecule has 3 aromatic carbocycles. The van der Waals surface area contributed by atoms with Crippen LogP contribution in [0.25, 0.3) is 11.1 Å². The second-order valence-electron chi connectivity index (χ2n) is 9.26. The third kappa shape index (κ3) is 7.91. The van der Waals surface area contributed by atoms with Crippen LogP contribution in [-0.4, -0.2) is 45.2 Å². The van der Waals surface area contributed by atoms with E-state index >= 15 is 0 Å². The van der Waals surface area contributed by atoms with Crippen LogP contribution in [0.4, 0.5) is 14.5 Å². The zero-order chi connectivity index (χ0) is 27.6. The van der Waals surface area contributed by atoms with Crippen LogP contribution in [0.5, 0.6) is 0 Å². The number of imidazole rings is 1. The number of benzene rings is 3. The highest BCUT2D eigenvalue weighted by Crippen LogP contribution is 2.30. The molecule has 0 spiro atoms. The zero-order valence-corrected chi connectivity index (χ0v) is 22.5. The van der Waals surface area contributed by atoms with Gasteiger partial charge < -0.3 is 20.3 Å². The standard InChI is InChI=1S/C30H32F2N4O2S/c1-39-16-2-3-26(19-37)35-30(38)27-13-12-25(17-28(27)21-4-8-23(31)9-5-21)34-29(18-36-15-14-33-20-36)22-6-10-24(32)11-7-22/h4-15,17,20,26,29,34,37H,2-3,16,18-19H2,1H3,(H,35,38)/t26-,29?/m0/s1. The summed E-state index contributed by atoms with van der Waals surface area (Å²) in [5.74, 6) is -0.0480. The summed E-state index contributed by atoms with van der Waals surface area (Å²) < 4.78 is 29.3. The average Bonchev–Trinajstić information content (AvgIpc) is 3.46. The van der Waals surface area contributed by atoms with Gasteiger partial charge in [0.2, 0.25) is 0 Å². The average molecular weight is 551 g/mol. The Balaban J connectivity index is 1.65. The highest BCUT2D eigenvalue weighted by molar-refractivity contribution is 7.98. The van der Waals surface area contributed by atoms with Crippen molar-refractivity contribution in [2.24, 2.45) is 0 Å². The monoisotopic (exact) mass is 550 g/mol.